The lowest BCUT2D eigenvalue weighted by atomic mass is 10.0. The second-order valence-electron chi connectivity index (χ2n) is 8.62. The number of Topliss-reactive ketones (excluding diaryl/α,β-unsaturated/α-hetero) is 1. The monoisotopic (exact) mass is 509 g/mol. The molecule has 188 valence electrons. The molecule has 36 heavy (non-hydrogen) atoms. The van der Waals surface area contributed by atoms with Crippen LogP contribution in [0.1, 0.15) is 54.9 Å². The van der Waals surface area contributed by atoms with Gasteiger partial charge in [-0.15, -0.1) is 0 Å². The highest BCUT2D eigenvalue weighted by Gasteiger charge is 2.40. The number of hydrogen-bond donors (Lipinski definition) is 1. The van der Waals surface area contributed by atoms with Gasteiger partial charge in [0.1, 0.15) is 12.2 Å². The van der Waals surface area contributed by atoms with Gasteiger partial charge in [-0.05, 0) is 12.5 Å². The minimum Gasteiger partial charge on any atom is -0.322 e. The van der Waals surface area contributed by atoms with E-state index in [9.17, 15) is 27.6 Å². The Labute approximate surface area is 209 Å². The summed E-state index contributed by atoms with van der Waals surface area (Å²) in [6.07, 6.45) is 2.19. The molecule has 2 aliphatic rings. The van der Waals surface area contributed by atoms with E-state index in [-0.39, 0.29) is 46.8 Å². The van der Waals surface area contributed by atoms with Gasteiger partial charge in [-0.2, -0.15) is 0 Å². The first-order chi connectivity index (χ1) is 17.3. The average Bonchev–Trinajstić information content (AvgIpc) is 3.19. The summed E-state index contributed by atoms with van der Waals surface area (Å²) < 4.78 is 28.4. The summed E-state index contributed by atoms with van der Waals surface area (Å²) in [5, 5.41) is 2.67. The van der Waals surface area contributed by atoms with E-state index >= 15 is 0 Å². The van der Waals surface area contributed by atoms with Gasteiger partial charge >= 0.3 is 0 Å². The van der Waals surface area contributed by atoms with E-state index in [0.29, 0.717) is 6.42 Å². The Morgan fingerprint density at radius 1 is 0.917 bits per heavy atom. The molecule has 10 heteroatoms. The number of carbonyl (C=O) groups is 4. The summed E-state index contributed by atoms with van der Waals surface area (Å²) in [5.41, 5.74) is 0.313. The van der Waals surface area contributed by atoms with Crippen LogP contribution in [-0.2, 0) is 24.4 Å². The molecule has 2 heterocycles. The molecule has 0 spiro atoms. The van der Waals surface area contributed by atoms with Crippen molar-refractivity contribution in [2.75, 3.05) is 13.1 Å². The van der Waals surface area contributed by atoms with Crippen LogP contribution in [0.4, 0.5) is 0 Å². The smallest absolute Gasteiger partial charge is 0.265 e. The molecule has 0 atom stereocenters. The van der Waals surface area contributed by atoms with Crippen molar-refractivity contribution < 1.29 is 27.6 Å². The quantitative estimate of drug-likeness (QED) is 0.315. The molecule has 1 saturated heterocycles. The minimum absolute atomic E-state index is 0.0327. The van der Waals surface area contributed by atoms with Crippen LogP contribution < -0.4 is 5.32 Å². The van der Waals surface area contributed by atoms with Crippen molar-refractivity contribution in [2.45, 2.75) is 43.9 Å². The molecular weight excluding hydrogens is 482 g/mol. The summed E-state index contributed by atoms with van der Waals surface area (Å²) in [6.45, 7) is 1.53. The van der Waals surface area contributed by atoms with Crippen molar-refractivity contribution in [1.29, 1.82) is 0 Å². The van der Waals surface area contributed by atoms with Gasteiger partial charge in [0.05, 0.1) is 10.6 Å². The fraction of sp³-hybridized carbons (Fsp3) is 0.308. The third-order valence-corrected chi connectivity index (χ3v) is 8.00. The predicted octanol–water partition coefficient (Wildman–Crippen LogP) is 2.70. The van der Waals surface area contributed by atoms with E-state index in [0.717, 1.165) is 22.0 Å². The Bertz CT molecular complexity index is 1330. The van der Waals surface area contributed by atoms with Crippen molar-refractivity contribution in [3.8, 4) is 0 Å². The number of sulfonamides is 1. The van der Waals surface area contributed by atoms with E-state index in [1.54, 1.807) is 42.5 Å². The van der Waals surface area contributed by atoms with Crippen LogP contribution >= 0.6 is 0 Å². The second kappa shape index (κ2) is 10.4. The molecule has 0 aromatic heterocycles. The zero-order valence-corrected chi connectivity index (χ0v) is 20.7. The van der Waals surface area contributed by atoms with Gasteiger partial charge in [0, 0.05) is 30.5 Å². The zero-order valence-electron chi connectivity index (χ0n) is 19.9. The first kappa shape index (κ1) is 25.3. The second-order valence-corrected chi connectivity index (χ2v) is 10.5. The highest BCUT2D eigenvalue weighted by atomic mass is 32.2. The number of carbonyl (C=O) groups excluding carboxylic acids is 4. The third kappa shape index (κ3) is 4.81. The summed E-state index contributed by atoms with van der Waals surface area (Å²) in [6, 6.07) is 14.4. The lowest BCUT2D eigenvalue weighted by Gasteiger charge is -2.34. The molecule has 3 amide bonds. The Balaban J connectivity index is 1.84. The van der Waals surface area contributed by atoms with Crippen molar-refractivity contribution in [3.63, 3.8) is 0 Å². The Hall–Kier alpha value is -3.79. The van der Waals surface area contributed by atoms with Gasteiger partial charge in [0.2, 0.25) is 23.5 Å². The highest BCUT2D eigenvalue weighted by molar-refractivity contribution is 7.89. The number of imide groups is 1. The van der Waals surface area contributed by atoms with E-state index in [2.05, 4.69) is 5.32 Å². The Kier molecular flexibility index (Phi) is 7.35. The molecule has 1 N–H and O–H groups in total. The first-order valence-corrected chi connectivity index (χ1v) is 13.3. The van der Waals surface area contributed by atoms with Crippen molar-refractivity contribution in [2.24, 2.45) is 0 Å². The van der Waals surface area contributed by atoms with Gasteiger partial charge < -0.3 is 5.32 Å². The maximum absolute atomic E-state index is 13.7. The Morgan fingerprint density at radius 3 is 2.22 bits per heavy atom. The van der Waals surface area contributed by atoms with Crippen molar-refractivity contribution in [1.82, 2.24) is 14.5 Å². The molecule has 0 aliphatic carbocycles. The standard InChI is InChI=1S/C26H27N3O6S/c1-2-3-9-16-29-25(26(33)18-10-5-4-6-11-18)24(19-12-7-8-13-20(19)36(29,34)35)27-21(30)17-28-22(31)14-15-23(28)32/h4-8,10-13H,2-3,9,14-17H2,1H3,(H,27,30). The molecule has 9 nitrogen and oxygen atoms in total. The van der Waals surface area contributed by atoms with Crippen molar-refractivity contribution >= 4 is 39.2 Å². The van der Waals surface area contributed by atoms with Crippen LogP contribution in [0.5, 0.6) is 0 Å². The normalized spacial score (nSPS) is 16.8. The topological polar surface area (TPSA) is 121 Å². The molecule has 2 aromatic carbocycles. The van der Waals surface area contributed by atoms with Crippen LogP contribution in [0.3, 0.4) is 0 Å². The van der Waals surface area contributed by atoms with E-state index in [4.69, 9.17) is 0 Å². The lowest BCUT2D eigenvalue weighted by Crippen LogP contribution is -2.44. The molecule has 0 unspecified atom stereocenters. The maximum Gasteiger partial charge on any atom is 0.265 e. The highest BCUT2D eigenvalue weighted by Crippen LogP contribution is 2.37. The number of nitrogens with one attached hydrogen (secondary N) is 1. The lowest BCUT2D eigenvalue weighted by molar-refractivity contribution is -0.142. The Morgan fingerprint density at radius 2 is 1.56 bits per heavy atom. The third-order valence-electron chi connectivity index (χ3n) is 6.15. The summed E-state index contributed by atoms with van der Waals surface area (Å²) >= 11 is 0. The molecular formula is C26H27N3O6S. The van der Waals surface area contributed by atoms with Gasteiger partial charge in [-0.25, -0.2) is 8.42 Å². The number of fused-ring (bicyclic) bond motifs is 1. The molecule has 4 rings (SSSR count). The largest absolute Gasteiger partial charge is 0.322 e. The molecule has 1 fully saturated rings. The number of likely N-dealkylation sites (tertiary alicyclic amines) is 1. The predicted molar refractivity (Wildman–Crippen MR) is 132 cm³/mol. The fourth-order valence-corrected chi connectivity index (χ4v) is 6.05. The van der Waals surface area contributed by atoms with Crippen LogP contribution in [0, 0.1) is 0 Å². The summed E-state index contributed by atoms with van der Waals surface area (Å²) in [4.78, 5) is 51.7. The SMILES string of the molecule is CCCCCN1C(C(=O)c2ccccc2)=C(NC(=O)CN2C(=O)CCC2=O)c2ccccc2S1(=O)=O. The van der Waals surface area contributed by atoms with Crippen LogP contribution in [0.2, 0.25) is 0 Å². The number of unbranched alkanes of at least 4 members (excludes halogenated alkanes) is 2. The minimum atomic E-state index is -4.09. The van der Waals surface area contributed by atoms with Crippen LogP contribution in [0.25, 0.3) is 5.70 Å². The van der Waals surface area contributed by atoms with Gasteiger partial charge in [0.25, 0.3) is 10.0 Å². The number of hydrogen-bond acceptors (Lipinski definition) is 6. The number of nitrogens with zero attached hydrogens (tertiary/aromatic N) is 2. The molecule has 0 saturated carbocycles. The number of ketones is 1. The molecule has 2 aliphatic heterocycles. The van der Waals surface area contributed by atoms with Crippen LogP contribution in [0.15, 0.2) is 65.2 Å². The fourth-order valence-electron chi connectivity index (χ4n) is 4.33. The van der Waals surface area contributed by atoms with Gasteiger partial charge in [-0.3, -0.25) is 28.4 Å². The average molecular weight is 510 g/mol. The molecule has 0 radical (unpaired) electrons. The number of rotatable bonds is 9. The summed E-state index contributed by atoms with van der Waals surface area (Å²) in [7, 11) is -4.09. The van der Waals surface area contributed by atoms with E-state index in [1.165, 1.54) is 12.1 Å². The maximum atomic E-state index is 13.7. The van der Waals surface area contributed by atoms with Gasteiger partial charge in [0.15, 0.2) is 0 Å². The zero-order chi connectivity index (χ0) is 25.9. The number of benzene rings is 2. The first-order valence-electron chi connectivity index (χ1n) is 11.8. The van der Waals surface area contributed by atoms with E-state index in [1.807, 2.05) is 6.92 Å². The van der Waals surface area contributed by atoms with Gasteiger partial charge in [-0.1, -0.05) is 68.3 Å². The number of allylic oxidation sites excluding steroid dienone is 1. The van der Waals surface area contributed by atoms with Crippen molar-refractivity contribution in [3.05, 3.63) is 71.4 Å². The summed E-state index contributed by atoms with van der Waals surface area (Å²) in [5.74, 6) is -2.15. The molecule has 0 bridgehead atoms. The number of amides is 3. The molecule has 2 aromatic rings. The van der Waals surface area contributed by atoms with Crippen LogP contribution in [-0.4, -0.2) is 54.2 Å². The van der Waals surface area contributed by atoms with E-state index < -0.39 is 40.1 Å².